The number of aromatic nitrogens is 2. The van der Waals surface area contributed by atoms with Gasteiger partial charge in [-0.3, -0.25) is 0 Å². The normalized spacial score (nSPS) is 10.6. The Morgan fingerprint density at radius 2 is 1.96 bits per heavy atom. The molecule has 0 saturated heterocycles. The standard InChI is InChI=1S/C16H13BrFN3O2/c1-21(10-13-6-7-14(17)22-13)16-19-9-8-15(20-16)23-12-4-2-11(18)3-5-12/h2-9H,10H2,1H3. The van der Waals surface area contributed by atoms with E-state index in [1.54, 1.807) is 24.4 Å². The van der Waals surface area contributed by atoms with Crippen molar-refractivity contribution in [2.24, 2.45) is 0 Å². The van der Waals surface area contributed by atoms with Gasteiger partial charge in [0.1, 0.15) is 17.3 Å². The highest BCUT2D eigenvalue weighted by Gasteiger charge is 2.10. The summed E-state index contributed by atoms with van der Waals surface area (Å²) in [6.45, 7) is 0.519. The van der Waals surface area contributed by atoms with E-state index in [0.29, 0.717) is 28.8 Å². The predicted octanol–water partition coefficient (Wildman–Crippen LogP) is 4.40. The Morgan fingerprint density at radius 1 is 1.17 bits per heavy atom. The van der Waals surface area contributed by atoms with Crippen LogP contribution >= 0.6 is 15.9 Å². The predicted molar refractivity (Wildman–Crippen MR) is 87.0 cm³/mol. The molecule has 0 aliphatic heterocycles. The quantitative estimate of drug-likeness (QED) is 0.659. The van der Waals surface area contributed by atoms with Gasteiger partial charge in [0.25, 0.3) is 0 Å². The molecule has 3 aromatic rings. The van der Waals surface area contributed by atoms with Crippen LogP contribution in [0.25, 0.3) is 0 Å². The lowest BCUT2D eigenvalue weighted by Crippen LogP contribution is -2.18. The fourth-order valence-corrected chi connectivity index (χ4v) is 2.28. The number of nitrogens with zero attached hydrogens (tertiary/aromatic N) is 3. The van der Waals surface area contributed by atoms with Crippen LogP contribution in [0.3, 0.4) is 0 Å². The summed E-state index contributed by atoms with van der Waals surface area (Å²) in [7, 11) is 1.85. The third-order valence-corrected chi connectivity index (χ3v) is 3.44. The second-order valence-electron chi connectivity index (χ2n) is 4.81. The van der Waals surface area contributed by atoms with Gasteiger partial charge in [-0.25, -0.2) is 9.37 Å². The van der Waals surface area contributed by atoms with Gasteiger partial charge >= 0.3 is 0 Å². The first-order valence-electron chi connectivity index (χ1n) is 6.82. The van der Waals surface area contributed by atoms with Crippen molar-refractivity contribution in [3.63, 3.8) is 0 Å². The van der Waals surface area contributed by atoms with Crippen LogP contribution in [0, 0.1) is 5.82 Å². The van der Waals surface area contributed by atoms with Crippen LogP contribution in [0.4, 0.5) is 10.3 Å². The minimum Gasteiger partial charge on any atom is -0.452 e. The zero-order valence-electron chi connectivity index (χ0n) is 12.2. The third-order valence-electron chi connectivity index (χ3n) is 3.02. The summed E-state index contributed by atoms with van der Waals surface area (Å²) in [6, 6.07) is 11.1. The van der Waals surface area contributed by atoms with E-state index in [1.807, 2.05) is 24.1 Å². The Labute approximate surface area is 140 Å². The van der Waals surface area contributed by atoms with Gasteiger partial charge in [0.05, 0.1) is 6.54 Å². The molecule has 2 aromatic heterocycles. The molecule has 0 atom stereocenters. The fraction of sp³-hybridized carbons (Fsp3) is 0.125. The van der Waals surface area contributed by atoms with E-state index in [-0.39, 0.29) is 5.82 Å². The van der Waals surface area contributed by atoms with Crippen molar-refractivity contribution >= 4 is 21.9 Å². The van der Waals surface area contributed by atoms with Gasteiger partial charge in [-0.2, -0.15) is 4.98 Å². The maximum absolute atomic E-state index is 12.9. The monoisotopic (exact) mass is 377 g/mol. The molecule has 0 fully saturated rings. The van der Waals surface area contributed by atoms with Crippen LogP contribution in [0.5, 0.6) is 11.6 Å². The molecule has 2 heterocycles. The zero-order chi connectivity index (χ0) is 16.2. The molecule has 7 heteroatoms. The van der Waals surface area contributed by atoms with Crippen molar-refractivity contribution in [2.75, 3.05) is 11.9 Å². The van der Waals surface area contributed by atoms with E-state index < -0.39 is 0 Å². The zero-order valence-corrected chi connectivity index (χ0v) is 13.8. The van der Waals surface area contributed by atoms with Crippen LogP contribution < -0.4 is 9.64 Å². The van der Waals surface area contributed by atoms with Crippen molar-refractivity contribution in [3.05, 3.63) is 64.9 Å². The number of rotatable bonds is 5. The number of halogens is 2. The van der Waals surface area contributed by atoms with Crippen LogP contribution in [0.2, 0.25) is 0 Å². The molecule has 0 radical (unpaired) electrons. The Hall–Kier alpha value is -2.41. The molecule has 1 aromatic carbocycles. The van der Waals surface area contributed by atoms with Gasteiger partial charge in [-0.05, 0) is 52.3 Å². The van der Waals surface area contributed by atoms with Crippen molar-refractivity contribution < 1.29 is 13.5 Å². The van der Waals surface area contributed by atoms with Crippen molar-refractivity contribution in [1.82, 2.24) is 9.97 Å². The van der Waals surface area contributed by atoms with Crippen LogP contribution in [-0.4, -0.2) is 17.0 Å². The molecule has 0 aliphatic carbocycles. The number of anilines is 1. The first-order valence-corrected chi connectivity index (χ1v) is 7.61. The topological polar surface area (TPSA) is 51.4 Å². The minimum atomic E-state index is -0.315. The summed E-state index contributed by atoms with van der Waals surface area (Å²) in [4.78, 5) is 10.4. The highest BCUT2D eigenvalue weighted by molar-refractivity contribution is 9.10. The molecule has 23 heavy (non-hydrogen) atoms. The number of benzene rings is 1. The van der Waals surface area contributed by atoms with E-state index in [0.717, 1.165) is 5.76 Å². The fourth-order valence-electron chi connectivity index (χ4n) is 1.94. The second-order valence-corrected chi connectivity index (χ2v) is 5.59. The number of hydrogen-bond donors (Lipinski definition) is 0. The van der Waals surface area contributed by atoms with Crippen LogP contribution in [-0.2, 0) is 6.54 Å². The molecule has 0 spiro atoms. The lowest BCUT2D eigenvalue weighted by Gasteiger charge is -2.16. The molecule has 0 amide bonds. The number of ether oxygens (including phenoxy) is 1. The summed E-state index contributed by atoms with van der Waals surface area (Å²) in [6.07, 6.45) is 1.61. The van der Waals surface area contributed by atoms with E-state index in [4.69, 9.17) is 9.15 Å². The molecule has 0 bridgehead atoms. The van der Waals surface area contributed by atoms with Crippen molar-refractivity contribution in [1.29, 1.82) is 0 Å². The lowest BCUT2D eigenvalue weighted by molar-refractivity contribution is 0.457. The largest absolute Gasteiger partial charge is 0.452 e. The second kappa shape index (κ2) is 6.78. The van der Waals surface area contributed by atoms with E-state index in [2.05, 4.69) is 25.9 Å². The molecule has 0 unspecified atom stereocenters. The average Bonchev–Trinajstić information content (AvgIpc) is 2.95. The first kappa shape index (κ1) is 15.5. The Morgan fingerprint density at radius 3 is 2.65 bits per heavy atom. The lowest BCUT2D eigenvalue weighted by atomic mass is 10.3. The molecular weight excluding hydrogens is 365 g/mol. The van der Waals surface area contributed by atoms with Gasteiger partial charge in [0, 0.05) is 19.3 Å². The van der Waals surface area contributed by atoms with Crippen molar-refractivity contribution in [2.45, 2.75) is 6.54 Å². The van der Waals surface area contributed by atoms with Gasteiger partial charge in [0.2, 0.25) is 11.8 Å². The van der Waals surface area contributed by atoms with E-state index in [9.17, 15) is 4.39 Å². The smallest absolute Gasteiger partial charge is 0.228 e. The molecule has 118 valence electrons. The number of furan rings is 1. The average molecular weight is 378 g/mol. The Bertz CT molecular complexity index is 792. The van der Waals surface area contributed by atoms with E-state index in [1.165, 1.54) is 12.1 Å². The molecule has 0 aliphatic rings. The maximum atomic E-state index is 12.9. The molecule has 5 nitrogen and oxygen atoms in total. The summed E-state index contributed by atoms with van der Waals surface area (Å²) in [5, 5.41) is 0. The first-order chi connectivity index (χ1) is 11.1. The Balaban J connectivity index is 1.72. The van der Waals surface area contributed by atoms with Crippen LogP contribution in [0.15, 0.2) is 57.7 Å². The van der Waals surface area contributed by atoms with E-state index >= 15 is 0 Å². The number of hydrogen-bond acceptors (Lipinski definition) is 5. The Kier molecular flexibility index (Phi) is 4.57. The van der Waals surface area contributed by atoms with Gasteiger partial charge in [-0.15, -0.1) is 0 Å². The summed E-state index contributed by atoms with van der Waals surface area (Å²) in [5.41, 5.74) is 0. The minimum absolute atomic E-state index is 0.315. The summed E-state index contributed by atoms with van der Waals surface area (Å²) >= 11 is 3.27. The summed E-state index contributed by atoms with van der Waals surface area (Å²) in [5.74, 6) is 1.86. The molecule has 3 rings (SSSR count). The SMILES string of the molecule is CN(Cc1ccc(Br)o1)c1nccc(Oc2ccc(F)cc2)n1. The van der Waals surface area contributed by atoms with Crippen LogP contribution in [0.1, 0.15) is 5.76 Å². The summed E-state index contributed by atoms with van der Waals surface area (Å²) < 4.78 is 24.6. The van der Waals surface area contributed by atoms with Gasteiger partial charge in [0.15, 0.2) is 4.67 Å². The van der Waals surface area contributed by atoms with Gasteiger partial charge < -0.3 is 14.1 Å². The van der Waals surface area contributed by atoms with Crippen molar-refractivity contribution in [3.8, 4) is 11.6 Å². The molecule has 0 N–H and O–H groups in total. The maximum Gasteiger partial charge on any atom is 0.228 e. The molecular formula is C16H13BrFN3O2. The highest BCUT2D eigenvalue weighted by Crippen LogP contribution is 2.22. The molecule has 0 saturated carbocycles. The van der Waals surface area contributed by atoms with Gasteiger partial charge in [-0.1, -0.05) is 0 Å². The third kappa shape index (κ3) is 4.07. The highest BCUT2D eigenvalue weighted by atomic mass is 79.9.